The summed E-state index contributed by atoms with van der Waals surface area (Å²) in [4.78, 5) is 43.1. The molecule has 1 spiro atoms. The van der Waals surface area contributed by atoms with E-state index in [9.17, 15) is 18.8 Å². The number of hydrogen-bond acceptors (Lipinski definition) is 8. The van der Waals surface area contributed by atoms with E-state index in [4.69, 9.17) is 14.2 Å². The zero-order valence-electron chi connectivity index (χ0n) is 26.3. The highest BCUT2D eigenvalue weighted by Crippen LogP contribution is 2.57. The van der Waals surface area contributed by atoms with Crippen LogP contribution in [0.3, 0.4) is 0 Å². The highest BCUT2D eigenvalue weighted by Gasteiger charge is 2.63. The molecule has 3 fully saturated rings. The number of carbonyl (C=O) groups is 2. The van der Waals surface area contributed by atoms with Gasteiger partial charge in [0.15, 0.2) is 17.3 Å². The minimum Gasteiger partial charge on any atom is -0.451 e. The summed E-state index contributed by atoms with van der Waals surface area (Å²) in [6.45, 7) is 4.92. The minimum atomic E-state index is -0.924. The number of carbonyl (C=O) groups excluding carboxylic acids is 2. The van der Waals surface area contributed by atoms with E-state index in [1.807, 2.05) is 29.3 Å². The Bertz CT molecular complexity index is 1880. The first-order valence-electron chi connectivity index (χ1n) is 16.0. The van der Waals surface area contributed by atoms with Gasteiger partial charge in [-0.3, -0.25) is 24.1 Å². The summed E-state index contributed by atoms with van der Waals surface area (Å²) in [7, 11) is 0. The van der Waals surface area contributed by atoms with E-state index in [1.165, 1.54) is 17.8 Å². The molecule has 2 aromatic carbocycles. The number of halogens is 2. The van der Waals surface area contributed by atoms with Crippen LogP contribution in [0.1, 0.15) is 79.7 Å². The van der Waals surface area contributed by atoms with E-state index in [0.717, 1.165) is 35.8 Å². The van der Waals surface area contributed by atoms with Crippen molar-refractivity contribution in [2.75, 3.05) is 18.3 Å². The Morgan fingerprint density at radius 3 is 2.68 bits per heavy atom. The molecular weight excluding hydrogens is 628 g/mol. The molecule has 8 rings (SSSR count). The lowest BCUT2D eigenvalue weighted by Crippen LogP contribution is -2.70. The van der Waals surface area contributed by atoms with Gasteiger partial charge in [-0.15, -0.1) is 11.8 Å². The van der Waals surface area contributed by atoms with Crippen molar-refractivity contribution in [1.29, 1.82) is 0 Å². The van der Waals surface area contributed by atoms with Crippen molar-refractivity contribution >= 4 is 23.6 Å². The van der Waals surface area contributed by atoms with E-state index in [2.05, 4.69) is 0 Å². The van der Waals surface area contributed by atoms with Gasteiger partial charge in [-0.25, -0.2) is 8.78 Å². The topological polar surface area (TPSA) is 90.3 Å². The van der Waals surface area contributed by atoms with Crippen molar-refractivity contribution in [3.05, 3.63) is 92.9 Å². The van der Waals surface area contributed by atoms with E-state index >= 15 is 4.39 Å². The highest BCUT2D eigenvalue weighted by molar-refractivity contribution is 7.98. The number of nitrogens with zero attached hydrogens (tertiary/aromatic N) is 3. The Kier molecular flexibility index (Phi) is 7.00. The number of benzene rings is 2. The number of esters is 1. The molecule has 47 heavy (non-hydrogen) atoms. The summed E-state index contributed by atoms with van der Waals surface area (Å²) >= 11 is 1.43. The number of hydrogen-bond donors (Lipinski definition) is 0. The number of piperidine rings is 1. The van der Waals surface area contributed by atoms with E-state index in [-0.39, 0.29) is 40.7 Å². The molecule has 0 N–H and O–H groups in total. The quantitative estimate of drug-likeness (QED) is 0.267. The number of amides is 1. The lowest BCUT2D eigenvalue weighted by molar-refractivity contribution is -0.159. The Balaban J connectivity index is 1.34. The number of fused-ring (bicyclic) bond motifs is 6. The fourth-order valence-electron chi connectivity index (χ4n) is 8.15. The van der Waals surface area contributed by atoms with Gasteiger partial charge >= 0.3 is 5.97 Å². The van der Waals surface area contributed by atoms with Crippen LogP contribution in [0.25, 0.3) is 0 Å². The van der Waals surface area contributed by atoms with Crippen molar-refractivity contribution in [3.8, 4) is 5.75 Å². The minimum absolute atomic E-state index is 0.0147. The molecule has 5 atom stereocenters. The molecule has 9 nitrogen and oxygen atoms in total. The SMILES string of the molecule is CC(C)(C)C(=O)OCOc1c2n(ccc1=O)N([C@@H]1c3ccccc3SCc3c1ccc(F)c3F)[C@@H]1[C@H]3C[C@@H]4CC[C@@]3(CCN1C2=O)O4. The van der Waals surface area contributed by atoms with Crippen molar-refractivity contribution < 1.29 is 32.6 Å². The molecule has 0 saturated carbocycles. The monoisotopic (exact) mass is 663 g/mol. The molecule has 3 saturated heterocycles. The summed E-state index contributed by atoms with van der Waals surface area (Å²) in [6.07, 6.45) is 4.35. The second kappa shape index (κ2) is 10.8. The number of pyridine rings is 1. The van der Waals surface area contributed by atoms with Gasteiger partial charge in [0.2, 0.25) is 18.0 Å². The van der Waals surface area contributed by atoms with Gasteiger partial charge in [-0.2, -0.15) is 0 Å². The van der Waals surface area contributed by atoms with Crippen molar-refractivity contribution in [2.45, 2.75) is 81.0 Å². The van der Waals surface area contributed by atoms with Crippen LogP contribution in [0.4, 0.5) is 8.78 Å². The lowest BCUT2D eigenvalue weighted by atomic mass is 9.71. The average Bonchev–Trinajstić information content (AvgIpc) is 3.58. The highest BCUT2D eigenvalue weighted by atomic mass is 32.2. The summed E-state index contributed by atoms with van der Waals surface area (Å²) in [5.41, 5.74) is -0.0684. The molecule has 5 aliphatic heterocycles. The summed E-state index contributed by atoms with van der Waals surface area (Å²) in [6, 6.07) is 11.2. The molecular formula is C35H35F2N3O6S. The third kappa shape index (κ3) is 4.62. The van der Waals surface area contributed by atoms with Gasteiger partial charge in [-0.1, -0.05) is 24.3 Å². The fourth-order valence-corrected chi connectivity index (χ4v) is 9.26. The van der Waals surface area contributed by atoms with Crippen molar-refractivity contribution in [2.24, 2.45) is 11.3 Å². The second-order valence-corrected chi connectivity index (χ2v) is 15.0. The number of thioether (sulfide) groups is 1. The second-order valence-electron chi connectivity index (χ2n) is 14.0. The fraction of sp³-hybridized carbons (Fsp3) is 0.457. The molecule has 1 amide bonds. The van der Waals surface area contributed by atoms with Crippen molar-refractivity contribution in [3.63, 3.8) is 0 Å². The molecule has 1 aromatic heterocycles. The number of aromatic nitrogens is 1. The predicted molar refractivity (Wildman–Crippen MR) is 169 cm³/mol. The summed E-state index contributed by atoms with van der Waals surface area (Å²) in [5.74, 6) is -2.82. The van der Waals surface area contributed by atoms with Crippen LogP contribution in [0, 0.1) is 23.0 Å². The molecule has 246 valence electrons. The van der Waals surface area contributed by atoms with Crippen LogP contribution in [0.15, 0.2) is 58.4 Å². The van der Waals surface area contributed by atoms with Crippen LogP contribution in [-0.2, 0) is 20.0 Å². The maximum Gasteiger partial charge on any atom is 0.314 e. The zero-order chi connectivity index (χ0) is 32.8. The van der Waals surface area contributed by atoms with Crippen LogP contribution in [-0.4, -0.2) is 52.7 Å². The van der Waals surface area contributed by atoms with Gasteiger partial charge in [0.1, 0.15) is 6.17 Å². The first-order valence-corrected chi connectivity index (χ1v) is 17.0. The maximum absolute atomic E-state index is 15.7. The third-order valence-electron chi connectivity index (χ3n) is 10.3. The molecule has 6 heterocycles. The van der Waals surface area contributed by atoms with Crippen LogP contribution < -0.4 is 15.2 Å². The van der Waals surface area contributed by atoms with Crippen molar-refractivity contribution in [1.82, 2.24) is 9.58 Å². The molecule has 3 aromatic rings. The summed E-state index contributed by atoms with van der Waals surface area (Å²) < 4.78 is 49.8. The lowest BCUT2D eigenvalue weighted by Gasteiger charge is -2.57. The van der Waals surface area contributed by atoms with Crippen LogP contribution in [0.5, 0.6) is 5.75 Å². The molecule has 0 unspecified atom stereocenters. The largest absolute Gasteiger partial charge is 0.451 e. The molecule has 0 radical (unpaired) electrons. The van der Waals surface area contributed by atoms with Gasteiger partial charge < -0.3 is 19.1 Å². The Morgan fingerprint density at radius 2 is 1.89 bits per heavy atom. The molecule has 5 aliphatic rings. The molecule has 12 heteroatoms. The Labute approximate surface area is 274 Å². The Hall–Kier alpha value is -3.90. The van der Waals surface area contributed by atoms with Gasteiger partial charge in [-0.05, 0) is 69.7 Å². The molecule has 2 bridgehead atoms. The van der Waals surface area contributed by atoms with E-state index < -0.39 is 53.0 Å². The zero-order valence-corrected chi connectivity index (χ0v) is 27.1. The van der Waals surface area contributed by atoms with Gasteiger partial charge in [0, 0.05) is 40.9 Å². The third-order valence-corrected chi connectivity index (χ3v) is 11.5. The summed E-state index contributed by atoms with van der Waals surface area (Å²) in [5, 5.41) is 2.04. The number of rotatable bonds is 4. The van der Waals surface area contributed by atoms with Crippen LogP contribution >= 0.6 is 11.8 Å². The average molecular weight is 664 g/mol. The van der Waals surface area contributed by atoms with Gasteiger partial charge in [0.05, 0.1) is 23.2 Å². The first-order chi connectivity index (χ1) is 22.5. The molecule has 0 aliphatic carbocycles. The smallest absolute Gasteiger partial charge is 0.314 e. The van der Waals surface area contributed by atoms with Gasteiger partial charge in [0.25, 0.3) is 5.91 Å². The van der Waals surface area contributed by atoms with E-state index in [1.54, 1.807) is 42.6 Å². The number of ether oxygens (including phenoxy) is 3. The normalized spacial score (nSPS) is 27.3. The van der Waals surface area contributed by atoms with E-state index in [0.29, 0.717) is 18.5 Å². The maximum atomic E-state index is 15.7. The predicted octanol–water partition coefficient (Wildman–Crippen LogP) is 5.51. The van der Waals surface area contributed by atoms with Crippen LogP contribution in [0.2, 0.25) is 0 Å². The standard InChI is InChI=1S/C35H35F2N3O6S/c1-34(2,3)33(43)45-18-44-30-25(41)11-14-39-29(30)32(42)38-15-13-35-12-10-19(46-35)16-23(35)31(38)40(39)28-20-8-9-24(36)27(37)22(20)17-47-26-7-5-4-6-21(26)28/h4-9,11,14,19,23,28,31H,10,12-13,15-18H2,1-3H3/t19-,23+,28-,31+,35-/m0/s1. The first kappa shape index (κ1) is 30.4. The Morgan fingerprint density at radius 1 is 1.09 bits per heavy atom.